The van der Waals surface area contributed by atoms with Gasteiger partial charge in [-0.1, -0.05) is 0 Å². The lowest BCUT2D eigenvalue weighted by atomic mass is 9.97. The number of hydrogen-bond acceptors (Lipinski definition) is 4. The van der Waals surface area contributed by atoms with Crippen molar-refractivity contribution < 1.29 is 4.39 Å². The zero-order chi connectivity index (χ0) is 14.7. The van der Waals surface area contributed by atoms with E-state index in [0.717, 1.165) is 49.6 Å². The lowest BCUT2D eigenvalue weighted by Gasteiger charge is -2.31. The normalized spacial score (nSPS) is 16.2. The van der Waals surface area contributed by atoms with E-state index in [1.54, 1.807) is 12.1 Å². The predicted octanol–water partition coefficient (Wildman–Crippen LogP) is 2.46. The van der Waals surface area contributed by atoms with Crippen molar-refractivity contribution in [2.75, 3.05) is 24.5 Å². The van der Waals surface area contributed by atoms with Crippen LogP contribution in [0.3, 0.4) is 0 Å². The van der Waals surface area contributed by atoms with Crippen molar-refractivity contribution in [3.05, 3.63) is 42.2 Å². The van der Waals surface area contributed by atoms with Crippen LogP contribution in [-0.4, -0.2) is 29.8 Å². The summed E-state index contributed by atoms with van der Waals surface area (Å²) in [6, 6.07) is 10.2. The van der Waals surface area contributed by atoms with Gasteiger partial charge in [-0.05, 0) is 61.7 Å². The molecule has 1 aromatic carbocycles. The monoisotopic (exact) mass is 286 g/mol. The van der Waals surface area contributed by atoms with Gasteiger partial charge in [0.15, 0.2) is 5.82 Å². The Morgan fingerprint density at radius 1 is 1.05 bits per heavy atom. The molecule has 2 heterocycles. The number of benzene rings is 1. The summed E-state index contributed by atoms with van der Waals surface area (Å²) >= 11 is 0. The molecule has 2 N–H and O–H groups in total. The number of nitrogens with zero attached hydrogens (tertiary/aromatic N) is 3. The SMILES string of the molecule is NCC1CCN(c2ccc(-c3ccc(F)cc3)nn2)CC1. The highest BCUT2D eigenvalue weighted by Gasteiger charge is 2.19. The van der Waals surface area contributed by atoms with Gasteiger partial charge in [-0.25, -0.2) is 4.39 Å². The maximum Gasteiger partial charge on any atom is 0.151 e. The van der Waals surface area contributed by atoms with Gasteiger partial charge in [0.1, 0.15) is 5.82 Å². The number of aromatic nitrogens is 2. The Kier molecular flexibility index (Phi) is 4.10. The van der Waals surface area contributed by atoms with Crippen molar-refractivity contribution in [2.24, 2.45) is 11.7 Å². The van der Waals surface area contributed by atoms with Gasteiger partial charge in [-0.3, -0.25) is 0 Å². The molecule has 4 nitrogen and oxygen atoms in total. The second-order valence-corrected chi connectivity index (χ2v) is 5.45. The zero-order valence-corrected chi connectivity index (χ0v) is 11.9. The summed E-state index contributed by atoms with van der Waals surface area (Å²) in [5.41, 5.74) is 7.34. The number of nitrogens with two attached hydrogens (primary N) is 1. The van der Waals surface area contributed by atoms with Gasteiger partial charge in [0.05, 0.1) is 5.69 Å². The summed E-state index contributed by atoms with van der Waals surface area (Å²) in [7, 11) is 0. The fraction of sp³-hybridized carbons (Fsp3) is 0.375. The van der Waals surface area contributed by atoms with Crippen LogP contribution >= 0.6 is 0 Å². The molecule has 0 amide bonds. The van der Waals surface area contributed by atoms with Gasteiger partial charge in [0.2, 0.25) is 0 Å². The van der Waals surface area contributed by atoms with Crippen molar-refractivity contribution in [3.8, 4) is 11.3 Å². The summed E-state index contributed by atoms with van der Waals surface area (Å²) in [6.07, 6.45) is 2.22. The van der Waals surface area contributed by atoms with E-state index in [0.29, 0.717) is 5.92 Å². The lowest BCUT2D eigenvalue weighted by molar-refractivity contribution is 0.412. The zero-order valence-electron chi connectivity index (χ0n) is 11.9. The third-order valence-electron chi connectivity index (χ3n) is 4.06. The van der Waals surface area contributed by atoms with Crippen molar-refractivity contribution in [2.45, 2.75) is 12.8 Å². The van der Waals surface area contributed by atoms with Crippen LogP contribution in [0.1, 0.15) is 12.8 Å². The number of piperidine rings is 1. The number of anilines is 1. The average Bonchev–Trinajstić information content (AvgIpc) is 2.56. The Labute approximate surface area is 123 Å². The van der Waals surface area contributed by atoms with Crippen LogP contribution in [0.4, 0.5) is 10.2 Å². The molecule has 0 spiro atoms. The number of halogens is 1. The standard InChI is InChI=1S/C16H19FN4/c17-14-3-1-13(2-4-14)15-5-6-16(20-19-15)21-9-7-12(11-18)8-10-21/h1-6,12H,7-11,18H2. The molecule has 0 saturated carbocycles. The Hall–Kier alpha value is -2.01. The molecule has 3 rings (SSSR count). The highest BCUT2D eigenvalue weighted by Crippen LogP contribution is 2.22. The smallest absolute Gasteiger partial charge is 0.151 e. The van der Waals surface area contributed by atoms with E-state index in [9.17, 15) is 4.39 Å². The molecule has 5 heteroatoms. The second kappa shape index (κ2) is 6.18. The Bertz CT molecular complexity index is 574. The molecular weight excluding hydrogens is 267 g/mol. The molecule has 1 aliphatic rings. The molecule has 1 saturated heterocycles. The molecule has 0 radical (unpaired) electrons. The van der Waals surface area contributed by atoms with Crippen LogP contribution in [0.25, 0.3) is 11.3 Å². The van der Waals surface area contributed by atoms with Crippen molar-refractivity contribution in [3.63, 3.8) is 0 Å². The van der Waals surface area contributed by atoms with E-state index in [4.69, 9.17) is 5.73 Å². The maximum absolute atomic E-state index is 12.9. The highest BCUT2D eigenvalue weighted by atomic mass is 19.1. The van der Waals surface area contributed by atoms with E-state index in [1.807, 2.05) is 12.1 Å². The molecule has 0 aliphatic carbocycles. The molecule has 2 aromatic rings. The summed E-state index contributed by atoms with van der Waals surface area (Å²) < 4.78 is 12.9. The van der Waals surface area contributed by atoms with Gasteiger partial charge in [0, 0.05) is 18.7 Å². The van der Waals surface area contributed by atoms with Crippen molar-refractivity contribution >= 4 is 5.82 Å². The molecular formula is C16H19FN4. The van der Waals surface area contributed by atoms with Crippen LogP contribution in [0, 0.1) is 11.7 Å². The molecule has 110 valence electrons. The summed E-state index contributed by atoms with van der Waals surface area (Å²) in [4.78, 5) is 2.24. The van der Waals surface area contributed by atoms with E-state index in [2.05, 4.69) is 15.1 Å². The van der Waals surface area contributed by atoms with Gasteiger partial charge in [-0.2, -0.15) is 0 Å². The van der Waals surface area contributed by atoms with Crippen LogP contribution in [-0.2, 0) is 0 Å². The topological polar surface area (TPSA) is 55.0 Å². The summed E-state index contributed by atoms with van der Waals surface area (Å²) in [6.45, 7) is 2.72. The maximum atomic E-state index is 12.9. The minimum absolute atomic E-state index is 0.244. The first-order valence-electron chi connectivity index (χ1n) is 7.31. The first kappa shape index (κ1) is 13.9. The lowest BCUT2D eigenvalue weighted by Crippen LogP contribution is -2.36. The Morgan fingerprint density at radius 2 is 1.76 bits per heavy atom. The largest absolute Gasteiger partial charge is 0.355 e. The Morgan fingerprint density at radius 3 is 2.33 bits per heavy atom. The fourth-order valence-corrected chi connectivity index (χ4v) is 2.67. The average molecular weight is 286 g/mol. The second-order valence-electron chi connectivity index (χ2n) is 5.45. The van der Waals surface area contributed by atoms with Crippen LogP contribution in [0.15, 0.2) is 36.4 Å². The van der Waals surface area contributed by atoms with Gasteiger partial charge in [-0.15, -0.1) is 10.2 Å². The molecule has 0 atom stereocenters. The van der Waals surface area contributed by atoms with Gasteiger partial charge >= 0.3 is 0 Å². The predicted molar refractivity (Wildman–Crippen MR) is 81.4 cm³/mol. The van der Waals surface area contributed by atoms with E-state index in [-0.39, 0.29) is 5.82 Å². The molecule has 21 heavy (non-hydrogen) atoms. The molecule has 1 fully saturated rings. The third kappa shape index (κ3) is 3.19. The van der Waals surface area contributed by atoms with Gasteiger partial charge in [0.25, 0.3) is 0 Å². The minimum atomic E-state index is -0.244. The summed E-state index contributed by atoms with van der Waals surface area (Å²) in [5, 5.41) is 8.56. The minimum Gasteiger partial charge on any atom is -0.355 e. The first-order chi connectivity index (χ1) is 10.3. The van der Waals surface area contributed by atoms with Crippen LogP contribution < -0.4 is 10.6 Å². The van der Waals surface area contributed by atoms with Crippen LogP contribution in [0.2, 0.25) is 0 Å². The molecule has 0 bridgehead atoms. The molecule has 1 aliphatic heterocycles. The van der Waals surface area contributed by atoms with E-state index >= 15 is 0 Å². The quantitative estimate of drug-likeness (QED) is 0.941. The third-order valence-corrected chi connectivity index (χ3v) is 4.06. The van der Waals surface area contributed by atoms with E-state index < -0.39 is 0 Å². The van der Waals surface area contributed by atoms with Crippen molar-refractivity contribution in [1.29, 1.82) is 0 Å². The Balaban J connectivity index is 1.71. The first-order valence-corrected chi connectivity index (χ1v) is 7.31. The number of rotatable bonds is 3. The molecule has 1 aromatic heterocycles. The van der Waals surface area contributed by atoms with E-state index in [1.165, 1.54) is 12.1 Å². The van der Waals surface area contributed by atoms with Gasteiger partial charge < -0.3 is 10.6 Å². The molecule has 0 unspecified atom stereocenters. The van der Waals surface area contributed by atoms with Crippen molar-refractivity contribution in [1.82, 2.24) is 10.2 Å². The summed E-state index contributed by atoms with van der Waals surface area (Å²) in [5.74, 6) is 1.29. The number of hydrogen-bond donors (Lipinski definition) is 1. The van der Waals surface area contributed by atoms with Crippen LogP contribution in [0.5, 0.6) is 0 Å². The highest BCUT2D eigenvalue weighted by molar-refractivity contribution is 5.59. The fourth-order valence-electron chi connectivity index (χ4n) is 2.67.